The number of nitrogens with one attached hydrogen (secondary N) is 1. The van der Waals surface area contributed by atoms with Gasteiger partial charge in [-0.1, -0.05) is 30.3 Å². The van der Waals surface area contributed by atoms with Gasteiger partial charge in [0.2, 0.25) is 5.75 Å². The largest absolute Gasteiger partial charge is 0.493 e. The molecule has 0 atom stereocenters. The standard InChI is InChI=1S/C20H21NO6/c1-24-16-11-15(12-17(25-2)20(16)26-3)21-18(22)13-27-19(23)10-9-14-7-5-4-6-8-14/h4-12H,13H2,1-3H3,(H,21,22)/b10-9+. The van der Waals surface area contributed by atoms with E-state index in [1.807, 2.05) is 30.3 Å². The molecule has 0 unspecified atom stereocenters. The van der Waals surface area contributed by atoms with Crippen molar-refractivity contribution in [2.45, 2.75) is 0 Å². The molecule has 0 bridgehead atoms. The molecule has 2 rings (SSSR count). The zero-order valence-electron chi connectivity index (χ0n) is 15.4. The van der Waals surface area contributed by atoms with Crippen LogP contribution in [0.15, 0.2) is 48.5 Å². The first-order valence-electron chi connectivity index (χ1n) is 8.07. The highest BCUT2D eigenvalue weighted by Gasteiger charge is 2.15. The minimum atomic E-state index is -0.612. The van der Waals surface area contributed by atoms with Gasteiger partial charge in [0, 0.05) is 23.9 Å². The molecular weight excluding hydrogens is 350 g/mol. The predicted molar refractivity (Wildman–Crippen MR) is 101 cm³/mol. The predicted octanol–water partition coefficient (Wildman–Crippen LogP) is 2.91. The third-order valence-corrected chi connectivity index (χ3v) is 3.51. The van der Waals surface area contributed by atoms with E-state index in [2.05, 4.69) is 5.32 Å². The van der Waals surface area contributed by atoms with Crippen molar-refractivity contribution in [2.75, 3.05) is 33.3 Å². The highest BCUT2D eigenvalue weighted by molar-refractivity contribution is 5.95. The monoisotopic (exact) mass is 371 g/mol. The number of carbonyl (C=O) groups excluding carboxylic acids is 2. The number of amides is 1. The van der Waals surface area contributed by atoms with Gasteiger partial charge in [0.15, 0.2) is 18.1 Å². The summed E-state index contributed by atoms with van der Waals surface area (Å²) in [5.41, 5.74) is 1.28. The molecule has 7 nitrogen and oxygen atoms in total. The smallest absolute Gasteiger partial charge is 0.331 e. The van der Waals surface area contributed by atoms with Crippen LogP contribution in [-0.2, 0) is 14.3 Å². The van der Waals surface area contributed by atoms with E-state index in [1.54, 1.807) is 18.2 Å². The average Bonchev–Trinajstić information content (AvgIpc) is 2.70. The van der Waals surface area contributed by atoms with Crippen molar-refractivity contribution in [3.05, 3.63) is 54.1 Å². The van der Waals surface area contributed by atoms with Gasteiger partial charge >= 0.3 is 5.97 Å². The summed E-state index contributed by atoms with van der Waals surface area (Å²) in [6.45, 7) is -0.422. The van der Waals surface area contributed by atoms with Gasteiger partial charge in [-0.2, -0.15) is 0 Å². The summed E-state index contributed by atoms with van der Waals surface area (Å²) in [5.74, 6) is 0.102. The van der Waals surface area contributed by atoms with Crippen LogP contribution >= 0.6 is 0 Å². The van der Waals surface area contributed by atoms with E-state index in [9.17, 15) is 9.59 Å². The summed E-state index contributed by atoms with van der Waals surface area (Å²) in [6, 6.07) is 12.4. The molecule has 7 heteroatoms. The lowest BCUT2D eigenvalue weighted by atomic mass is 10.2. The zero-order chi connectivity index (χ0) is 19.6. The fraction of sp³-hybridized carbons (Fsp3) is 0.200. The number of ether oxygens (including phenoxy) is 4. The Kier molecular flexibility index (Phi) is 7.25. The van der Waals surface area contributed by atoms with E-state index in [0.29, 0.717) is 22.9 Å². The molecule has 0 fully saturated rings. The van der Waals surface area contributed by atoms with Gasteiger partial charge < -0.3 is 24.3 Å². The number of hydrogen-bond acceptors (Lipinski definition) is 6. The molecule has 0 saturated heterocycles. The van der Waals surface area contributed by atoms with E-state index in [0.717, 1.165) is 5.56 Å². The lowest BCUT2D eigenvalue weighted by Crippen LogP contribution is -2.20. The van der Waals surface area contributed by atoms with Gasteiger partial charge in [-0.05, 0) is 11.6 Å². The molecule has 0 radical (unpaired) electrons. The van der Waals surface area contributed by atoms with Crippen molar-refractivity contribution in [1.82, 2.24) is 0 Å². The molecule has 0 spiro atoms. The number of hydrogen-bond donors (Lipinski definition) is 1. The molecule has 2 aromatic rings. The van der Waals surface area contributed by atoms with Crippen LogP contribution in [0.3, 0.4) is 0 Å². The van der Waals surface area contributed by atoms with Gasteiger partial charge in [0.1, 0.15) is 0 Å². The van der Waals surface area contributed by atoms with Crippen LogP contribution in [-0.4, -0.2) is 39.8 Å². The number of esters is 1. The summed E-state index contributed by atoms with van der Waals surface area (Å²) >= 11 is 0. The molecule has 0 aromatic heterocycles. The van der Waals surface area contributed by atoms with Crippen LogP contribution in [0.5, 0.6) is 17.2 Å². The minimum absolute atomic E-state index is 0.398. The summed E-state index contributed by atoms with van der Waals surface area (Å²) in [4.78, 5) is 23.7. The Labute approximate surface area is 157 Å². The summed E-state index contributed by atoms with van der Waals surface area (Å²) in [6.07, 6.45) is 2.88. The van der Waals surface area contributed by atoms with Crippen molar-refractivity contribution in [3.63, 3.8) is 0 Å². The first-order chi connectivity index (χ1) is 13.1. The highest BCUT2D eigenvalue weighted by atomic mass is 16.5. The molecule has 27 heavy (non-hydrogen) atoms. The van der Waals surface area contributed by atoms with Crippen LogP contribution < -0.4 is 19.5 Å². The number of anilines is 1. The van der Waals surface area contributed by atoms with Crippen molar-refractivity contribution in [2.24, 2.45) is 0 Å². The normalized spacial score (nSPS) is 10.3. The quantitative estimate of drug-likeness (QED) is 0.567. The van der Waals surface area contributed by atoms with E-state index in [1.165, 1.54) is 27.4 Å². The fourth-order valence-electron chi connectivity index (χ4n) is 2.26. The Morgan fingerprint density at radius 3 is 2.15 bits per heavy atom. The second-order valence-electron chi connectivity index (χ2n) is 5.31. The second-order valence-corrected chi connectivity index (χ2v) is 5.31. The number of carbonyl (C=O) groups is 2. The molecular formula is C20H21NO6. The first-order valence-corrected chi connectivity index (χ1v) is 8.07. The molecule has 2 aromatic carbocycles. The Hall–Kier alpha value is -3.48. The summed E-state index contributed by atoms with van der Waals surface area (Å²) in [5, 5.41) is 2.62. The molecule has 0 aliphatic carbocycles. The highest BCUT2D eigenvalue weighted by Crippen LogP contribution is 2.39. The molecule has 1 N–H and O–H groups in total. The lowest BCUT2D eigenvalue weighted by molar-refractivity contribution is -0.142. The molecule has 1 amide bonds. The Balaban J connectivity index is 1.93. The molecule has 0 aliphatic rings. The van der Waals surface area contributed by atoms with Crippen molar-refractivity contribution in [3.8, 4) is 17.2 Å². The van der Waals surface area contributed by atoms with E-state index in [4.69, 9.17) is 18.9 Å². The van der Waals surface area contributed by atoms with E-state index in [-0.39, 0.29) is 0 Å². The Bertz CT molecular complexity index is 791. The maximum Gasteiger partial charge on any atom is 0.331 e. The van der Waals surface area contributed by atoms with Crippen LogP contribution in [0.25, 0.3) is 6.08 Å². The first kappa shape index (κ1) is 19.8. The number of benzene rings is 2. The van der Waals surface area contributed by atoms with E-state index >= 15 is 0 Å². The topological polar surface area (TPSA) is 83.1 Å². The maximum absolute atomic E-state index is 12.0. The summed E-state index contributed by atoms with van der Waals surface area (Å²) in [7, 11) is 4.44. The van der Waals surface area contributed by atoms with Crippen molar-refractivity contribution >= 4 is 23.6 Å². The minimum Gasteiger partial charge on any atom is -0.493 e. The third kappa shape index (κ3) is 5.78. The Morgan fingerprint density at radius 2 is 1.59 bits per heavy atom. The molecule has 142 valence electrons. The van der Waals surface area contributed by atoms with Gasteiger partial charge in [-0.25, -0.2) is 4.79 Å². The molecule has 0 heterocycles. The van der Waals surface area contributed by atoms with Crippen LogP contribution in [0.2, 0.25) is 0 Å². The average molecular weight is 371 g/mol. The molecule has 0 aliphatic heterocycles. The van der Waals surface area contributed by atoms with E-state index < -0.39 is 18.5 Å². The lowest BCUT2D eigenvalue weighted by Gasteiger charge is -2.14. The zero-order valence-corrected chi connectivity index (χ0v) is 15.4. The van der Waals surface area contributed by atoms with Gasteiger partial charge in [-0.3, -0.25) is 4.79 Å². The molecule has 0 saturated carbocycles. The number of methoxy groups -OCH3 is 3. The van der Waals surface area contributed by atoms with Gasteiger partial charge in [0.25, 0.3) is 5.91 Å². The van der Waals surface area contributed by atoms with Crippen LogP contribution in [0.1, 0.15) is 5.56 Å². The maximum atomic E-state index is 12.0. The Morgan fingerprint density at radius 1 is 0.963 bits per heavy atom. The summed E-state index contributed by atoms with van der Waals surface area (Å²) < 4.78 is 20.6. The fourth-order valence-corrected chi connectivity index (χ4v) is 2.26. The third-order valence-electron chi connectivity index (χ3n) is 3.51. The van der Waals surface area contributed by atoms with Gasteiger partial charge in [0.05, 0.1) is 21.3 Å². The van der Waals surface area contributed by atoms with Gasteiger partial charge in [-0.15, -0.1) is 0 Å². The van der Waals surface area contributed by atoms with Crippen LogP contribution in [0.4, 0.5) is 5.69 Å². The second kappa shape index (κ2) is 9.86. The number of rotatable bonds is 8. The van der Waals surface area contributed by atoms with Crippen molar-refractivity contribution in [1.29, 1.82) is 0 Å². The SMILES string of the molecule is COc1cc(NC(=O)COC(=O)/C=C/c2ccccc2)cc(OC)c1OC. The van der Waals surface area contributed by atoms with Crippen molar-refractivity contribution < 1.29 is 28.5 Å². The van der Waals surface area contributed by atoms with Crippen LogP contribution in [0, 0.1) is 0 Å².